The molecule has 1 atom stereocenters. The highest BCUT2D eigenvalue weighted by Crippen LogP contribution is 2.25. The second-order valence-electron chi connectivity index (χ2n) is 4.35. The van der Waals surface area contributed by atoms with Crippen LogP contribution in [0.25, 0.3) is 0 Å². The molecule has 0 aromatic heterocycles. The van der Waals surface area contributed by atoms with Gasteiger partial charge in [-0.15, -0.1) is 0 Å². The van der Waals surface area contributed by atoms with Crippen molar-refractivity contribution in [3.8, 4) is 0 Å². The van der Waals surface area contributed by atoms with Crippen molar-refractivity contribution < 1.29 is 14.7 Å². The van der Waals surface area contributed by atoms with E-state index in [1.54, 1.807) is 32.2 Å². The molecule has 0 fully saturated rings. The van der Waals surface area contributed by atoms with E-state index in [1.807, 2.05) is 0 Å². The van der Waals surface area contributed by atoms with Gasteiger partial charge in [0.1, 0.15) is 6.04 Å². The van der Waals surface area contributed by atoms with Crippen molar-refractivity contribution in [1.29, 1.82) is 0 Å². The predicted molar refractivity (Wildman–Crippen MR) is 82.1 cm³/mol. The molecule has 1 aromatic carbocycles. The van der Waals surface area contributed by atoms with Gasteiger partial charge in [-0.05, 0) is 31.7 Å². The first-order chi connectivity index (χ1) is 9.35. The number of hydrogen-bond donors (Lipinski definition) is 2. The Morgan fingerprint density at radius 2 is 2.15 bits per heavy atom. The predicted octanol–water partition coefficient (Wildman–Crippen LogP) is 2.84. The van der Waals surface area contributed by atoms with E-state index in [2.05, 4.69) is 21.2 Å². The molecule has 110 valence electrons. The van der Waals surface area contributed by atoms with Gasteiger partial charge < -0.3 is 10.4 Å². The van der Waals surface area contributed by atoms with Crippen LogP contribution in [0.3, 0.4) is 0 Å². The Bertz CT molecular complexity index is 510. The number of benzene rings is 1. The molecule has 20 heavy (non-hydrogen) atoms. The summed E-state index contributed by atoms with van der Waals surface area (Å²) in [4.78, 5) is 24.4. The van der Waals surface area contributed by atoms with Gasteiger partial charge in [0.05, 0.1) is 17.3 Å². The number of carboxylic acids is 1. The third-order valence-corrected chi connectivity index (χ3v) is 3.61. The minimum atomic E-state index is -0.940. The molecule has 1 rings (SSSR count). The minimum absolute atomic E-state index is 0.0167. The van der Waals surface area contributed by atoms with Gasteiger partial charge in [-0.25, -0.2) is 0 Å². The monoisotopic (exact) mass is 362 g/mol. The highest BCUT2D eigenvalue weighted by molar-refractivity contribution is 9.10. The number of rotatable bonds is 6. The standard InChI is InChI=1S/C13H16BrClN2O3/c1-3-11(13(19)20)17(2)7-12(18)16-10-5-4-8(14)6-9(10)15/h4-6,11H,3,7H2,1-2H3,(H,16,18)(H,19,20). The van der Waals surface area contributed by atoms with Gasteiger partial charge in [-0.2, -0.15) is 0 Å². The van der Waals surface area contributed by atoms with Gasteiger partial charge in [0, 0.05) is 4.47 Å². The van der Waals surface area contributed by atoms with E-state index in [0.717, 1.165) is 4.47 Å². The average Bonchev–Trinajstić information content (AvgIpc) is 2.33. The first kappa shape index (κ1) is 16.9. The molecule has 0 aliphatic carbocycles. The molecular weight excluding hydrogens is 348 g/mol. The maximum atomic E-state index is 11.9. The molecular formula is C13H16BrClN2O3. The minimum Gasteiger partial charge on any atom is -0.480 e. The Balaban J connectivity index is 2.65. The van der Waals surface area contributed by atoms with E-state index in [4.69, 9.17) is 16.7 Å². The van der Waals surface area contributed by atoms with Gasteiger partial charge in [0.15, 0.2) is 0 Å². The number of carbonyl (C=O) groups is 2. The molecule has 1 unspecified atom stereocenters. The molecule has 0 radical (unpaired) electrons. The molecule has 0 saturated carbocycles. The normalized spacial score (nSPS) is 12.2. The Morgan fingerprint density at radius 3 is 2.65 bits per heavy atom. The van der Waals surface area contributed by atoms with Crippen molar-refractivity contribution in [3.63, 3.8) is 0 Å². The fraction of sp³-hybridized carbons (Fsp3) is 0.385. The highest BCUT2D eigenvalue weighted by atomic mass is 79.9. The lowest BCUT2D eigenvalue weighted by atomic mass is 10.2. The van der Waals surface area contributed by atoms with Gasteiger partial charge in [0.2, 0.25) is 5.91 Å². The van der Waals surface area contributed by atoms with Gasteiger partial charge in [-0.1, -0.05) is 34.5 Å². The summed E-state index contributed by atoms with van der Waals surface area (Å²) in [6.45, 7) is 1.75. The number of aliphatic carboxylic acids is 1. The zero-order valence-corrected chi connectivity index (χ0v) is 13.5. The highest BCUT2D eigenvalue weighted by Gasteiger charge is 2.22. The van der Waals surface area contributed by atoms with Crippen molar-refractivity contribution in [2.45, 2.75) is 19.4 Å². The van der Waals surface area contributed by atoms with Crippen LogP contribution >= 0.6 is 27.5 Å². The molecule has 0 saturated heterocycles. The van der Waals surface area contributed by atoms with Crippen LogP contribution in [0.1, 0.15) is 13.3 Å². The Kier molecular flexibility index (Phi) is 6.45. The molecule has 0 aliphatic rings. The first-order valence-corrected chi connectivity index (χ1v) is 7.20. The topological polar surface area (TPSA) is 69.6 Å². The molecule has 0 spiro atoms. The maximum Gasteiger partial charge on any atom is 0.320 e. The summed E-state index contributed by atoms with van der Waals surface area (Å²) in [5.74, 6) is -1.25. The zero-order valence-electron chi connectivity index (χ0n) is 11.2. The van der Waals surface area contributed by atoms with E-state index in [-0.39, 0.29) is 12.5 Å². The second-order valence-corrected chi connectivity index (χ2v) is 5.67. The molecule has 1 amide bonds. The number of carbonyl (C=O) groups excluding carboxylic acids is 1. The summed E-state index contributed by atoms with van der Waals surface area (Å²) in [5, 5.41) is 12.1. The summed E-state index contributed by atoms with van der Waals surface area (Å²) in [6.07, 6.45) is 0.429. The molecule has 2 N–H and O–H groups in total. The Hall–Kier alpha value is -1.11. The maximum absolute atomic E-state index is 11.9. The summed E-state index contributed by atoms with van der Waals surface area (Å²) in [5.41, 5.74) is 0.497. The number of nitrogens with one attached hydrogen (secondary N) is 1. The average molecular weight is 364 g/mol. The number of carboxylic acid groups (broad SMARTS) is 1. The lowest BCUT2D eigenvalue weighted by molar-refractivity contribution is -0.143. The molecule has 7 heteroatoms. The molecule has 5 nitrogen and oxygen atoms in total. The van der Waals surface area contributed by atoms with E-state index in [0.29, 0.717) is 17.1 Å². The van der Waals surface area contributed by atoms with Gasteiger partial charge in [0.25, 0.3) is 0 Å². The van der Waals surface area contributed by atoms with Crippen molar-refractivity contribution >= 4 is 45.1 Å². The van der Waals surface area contributed by atoms with E-state index < -0.39 is 12.0 Å². The smallest absolute Gasteiger partial charge is 0.320 e. The number of hydrogen-bond acceptors (Lipinski definition) is 3. The van der Waals surface area contributed by atoms with Crippen LogP contribution in [0.4, 0.5) is 5.69 Å². The molecule has 1 aromatic rings. The summed E-state index contributed by atoms with van der Waals surface area (Å²) < 4.78 is 0.814. The zero-order chi connectivity index (χ0) is 15.3. The third-order valence-electron chi connectivity index (χ3n) is 2.80. The number of amides is 1. The number of likely N-dealkylation sites (N-methyl/N-ethyl adjacent to an activating group) is 1. The lowest BCUT2D eigenvalue weighted by Crippen LogP contribution is -2.42. The Labute approximate surface area is 131 Å². The van der Waals surface area contributed by atoms with Crippen LogP contribution in [0, 0.1) is 0 Å². The van der Waals surface area contributed by atoms with E-state index in [1.165, 1.54) is 4.90 Å². The van der Waals surface area contributed by atoms with Crippen molar-refractivity contribution in [2.24, 2.45) is 0 Å². The van der Waals surface area contributed by atoms with Gasteiger partial charge >= 0.3 is 5.97 Å². The van der Waals surface area contributed by atoms with E-state index >= 15 is 0 Å². The lowest BCUT2D eigenvalue weighted by Gasteiger charge is -2.22. The van der Waals surface area contributed by atoms with Crippen LogP contribution in [0.15, 0.2) is 22.7 Å². The molecule has 0 bridgehead atoms. The summed E-state index contributed by atoms with van der Waals surface area (Å²) in [7, 11) is 1.60. The van der Waals surface area contributed by atoms with Crippen molar-refractivity contribution in [1.82, 2.24) is 4.90 Å². The SMILES string of the molecule is CCC(C(=O)O)N(C)CC(=O)Nc1ccc(Br)cc1Cl. The van der Waals surface area contributed by atoms with Crippen LogP contribution in [-0.4, -0.2) is 41.5 Å². The fourth-order valence-electron chi connectivity index (χ4n) is 1.79. The largest absolute Gasteiger partial charge is 0.480 e. The van der Waals surface area contributed by atoms with Crippen LogP contribution in [-0.2, 0) is 9.59 Å². The van der Waals surface area contributed by atoms with Crippen molar-refractivity contribution in [3.05, 3.63) is 27.7 Å². The fourth-order valence-corrected chi connectivity index (χ4v) is 2.51. The second kappa shape index (κ2) is 7.61. The quantitative estimate of drug-likeness (QED) is 0.815. The number of nitrogens with zero attached hydrogens (tertiary/aromatic N) is 1. The third kappa shape index (κ3) is 4.77. The first-order valence-electron chi connectivity index (χ1n) is 6.03. The van der Waals surface area contributed by atoms with Crippen molar-refractivity contribution in [2.75, 3.05) is 18.9 Å². The van der Waals surface area contributed by atoms with Crippen LogP contribution in [0.2, 0.25) is 5.02 Å². The number of anilines is 1. The summed E-state index contributed by atoms with van der Waals surface area (Å²) >= 11 is 9.27. The van der Waals surface area contributed by atoms with E-state index in [9.17, 15) is 9.59 Å². The summed E-state index contributed by atoms with van der Waals surface area (Å²) in [6, 6.07) is 4.43. The molecule has 0 aliphatic heterocycles. The Morgan fingerprint density at radius 1 is 1.50 bits per heavy atom. The van der Waals surface area contributed by atoms with Crippen LogP contribution in [0.5, 0.6) is 0 Å². The van der Waals surface area contributed by atoms with Crippen LogP contribution < -0.4 is 5.32 Å². The number of halogens is 2. The van der Waals surface area contributed by atoms with Gasteiger partial charge in [-0.3, -0.25) is 14.5 Å². The molecule has 0 heterocycles.